The van der Waals surface area contributed by atoms with Crippen molar-refractivity contribution < 1.29 is 29.0 Å². The molecule has 3 amide bonds. The zero-order valence-electron chi connectivity index (χ0n) is 14.4. The van der Waals surface area contributed by atoms with Crippen LogP contribution in [0.3, 0.4) is 0 Å². The molecule has 0 spiro atoms. The van der Waals surface area contributed by atoms with Crippen molar-refractivity contribution >= 4 is 35.1 Å². The molecule has 1 aliphatic heterocycles. The number of carboxylic acid groups (broad SMARTS) is 1. The average Bonchev–Trinajstić information content (AvgIpc) is 2.62. The molecule has 26 heavy (non-hydrogen) atoms. The summed E-state index contributed by atoms with van der Waals surface area (Å²) in [6, 6.07) is 5.81. The zero-order chi connectivity index (χ0) is 19.1. The number of fused-ring (bicyclic) bond motifs is 1. The molecule has 0 radical (unpaired) electrons. The van der Waals surface area contributed by atoms with E-state index in [1.54, 1.807) is 24.3 Å². The number of amides is 3. The maximum atomic E-state index is 12.4. The summed E-state index contributed by atoms with van der Waals surface area (Å²) in [5.74, 6) is -2.40. The first kappa shape index (κ1) is 19.4. The van der Waals surface area contributed by atoms with Gasteiger partial charge in [-0.3, -0.25) is 14.4 Å². The van der Waals surface area contributed by atoms with Gasteiger partial charge in [0.25, 0.3) is 0 Å². The summed E-state index contributed by atoms with van der Waals surface area (Å²) in [6.45, 7) is 0.0684. The molecule has 140 valence electrons. The predicted molar refractivity (Wildman–Crippen MR) is 92.7 cm³/mol. The SMILES string of the molecule is COCCC(NC(=O)CCC(=O)N1CC(=O)Nc2ccccc21)C(=O)O. The number of rotatable bonds is 8. The lowest BCUT2D eigenvalue weighted by molar-refractivity contribution is -0.142. The number of ether oxygens (including phenoxy) is 1. The first-order valence-corrected chi connectivity index (χ1v) is 8.12. The van der Waals surface area contributed by atoms with Crippen molar-refractivity contribution in [3.8, 4) is 0 Å². The Kier molecular flexibility index (Phi) is 6.67. The van der Waals surface area contributed by atoms with E-state index in [0.717, 1.165) is 0 Å². The van der Waals surface area contributed by atoms with Crippen molar-refractivity contribution in [3.63, 3.8) is 0 Å². The molecule has 1 aliphatic rings. The summed E-state index contributed by atoms with van der Waals surface area (Å²) >= 11 is 0. The number of para-hydroxylation sites is 2. The lowest BCUT2D eigenvalue weighted by Crippen LogP contribution is -2.44. The van der Waals surface area contributed by atoms with Crippen LogP contribution in [0.15, 0.2) is 24.3 Å². The lowest BCUT2D eigenvalue weighted by Gasteiger charge is -2.29. The Labute approximate surface area is 150 Å². The fourth-order valence-electron chi connectivity index (χ4n) is 2.57. The normalized spacial score (nSPS) is 14.2. The van der Waals surface area contributed by atoms with Crippen LogP contribution in [0.4, 0.5) is 11.4 Å². The van der Waals surface area contributed by atoms with E-state index in [0.29, 0.717) is 11.4 Å². The van der Waals surface area contributed by atoms with Gasteiger partial charge in [-0.2, -0.15) is 0 Å². The first-order chi connectivity index (χ1) is 12.4. The highest BCUT2D eigenvalue weighted by atomic mass is 16.5. The van der Waals surface area contributed by atoms with Gasteiger partial charge in [-0.05, 0) is 12.1 Å². The van der Waals surface area contributed by atoms with E-state index in [4.69, 9.17) is 9.84 Å². The van der Waals surface area contributed by atoms with Gasteiger partial charge in [-0.15, -0.1) is 0 Å². The fraction of sp³-hybridized carbons (Fsp3) is 0.412. The highest BCUT2D eigenvalue weighted by Crippen LogP contribution is 2.29. The maximum absolute atomic E-state index is 12.4. The average molecular weight is 363 g/mol. The Morgan fingerprint density at radius 1 is 1.31 bits per heavy atom. The maximum Gasteiger partial charge on any atom is 0.326 e. The Balaban J connectivity index is 1.93. The minimum absolute atomic E-state index is 0.122. The number of carbonyl (C=O) groups is 4. The van der Waals surface area contributed by atoms with Crippen LogP contribution >= 0.6 is 0 Å². The Morgan fingerprint density at radius 2 is 2.04 bits per heavy atom. The molecule has 0 saturated heterocycles. The van der Waals surface area contributed by atoms with E-state index >= 15 is 0 Å². The number of aliphatic carboxylic acids is 1. The number of nitrogens with zero attached hydrogens (tertiary/aromatic N) is 1. The summed E-state index contributed by atoms with van der Waals surface area (Å²) in [4.78, 5) is 48.6. The van der Waals surface area contributed by atoms with Crippen molar-refractivity contribution in [2.75, 3.05) is 30.5 Å². The molecule has 0 fully saturated rings. The van der Waals surface area contributed by atoms with E-state index in [2.05, 4.69) is 10.6 Å². The predicted octanol–water partition coefficient (Wildman–Crippen LogP) is 0.358. The third-order valence-electron chi connectivity index (χ3n) is 3.88. The molecular weight excluding hydrogens is 342 g/mol. The minimum atomic E-state index is -1.16. The van der Waals surface area contributed by atoms with Gasteiger partial charge < -0.3 is 25.4 Å². The summed E-state index contributed by atoms with van der Waals surface area (Å²) in [6.07, 6.45) is -0.175. The number of benzene rings is 1. The van der Waals surface area contributed by atoms with Gasteiger partial charge in [0.1, 0.15) is 12.6 Å². The molecule has 1 unspecified atom stereocenters. The summed E-state index contributed by atoms with van der Waals surface area (Å²) < 4.78 is 4.81. The second-order valence-corrected chi connectivity index (χ2v) is 5.79. The van der Waals surface area contributed by atoms with Gasteiger partial charge in [0.15, 0.2) is 0 Å². The van der Waals surface area contributed by atoms with Crippen molar-refractivity contribution in [1.82, 2.24) is 5.32 Å². The van der Waals surface area contributed by atoms with E-state index in [9.17, 15) is 19.2 Å². The number of methoxy groups -OCH3 is 1. The molecule has 0 saturated carbocycles. The van der Waals surface area contributed by atoms with E-state index in [-0.39, 0.29) is 44.2 Å². The van der Waals surface area contributed by atoms with Crippen LogP contribution in [0.2, 0.25) is 0 Å². The standard InChI is InChI=1S/C17H21N3O6/c1-26-9-8-12(17(24)25)19-14(21)6-7-16(23)20-10-15(22)18-11-4-2-3-5-13(11)20/h2-5,12H,6-10H2,1H3,(H,18,22)(H,19,21)(H,24,25). The molecule has 1 atom stereocenters. The van der Waals surface area contributed by atoms with Crippen LogP contribution in [0, 0.1) is 0 Å². The number of carboxylic acids is 1. The zero-order valence-corrected chi connectivity index (χ0v) is 14.4. The Hall–Kier alpha value is -2.94. The smallest absolute Gasteiger partial charge is 0.326 e. The summed E-state index contributed by atoms with van der Waals surface area (Å²) in [7, 11) is 1.44. The van der Waals surface area contributed by atoms with Gasteiger partial charge in [-0.25, -0.2) is 4.79 Å². The molecule has 3 N–H and O–H groups in total. The second kappa shape index (κ2) is 8.95. The van der Waals surface area contributed by atoms with Gasteiger partial charge in [0.2, 0.25) is 17.7 Å². The van der Waals surface area contributed by atoms with Crippen LogP contribution in [-0.4, -0.2) is 55.1 Å². The lowest BCUT2D eigenvalue weighted by atomic mass is 10.1. The minimum Gasteiger partial charge on any atom is -0.480 e. The van der Waals surface area contributed by atoms with Crippen LogP contribution in [0.25, 0.3) is 0 Å². The third kappa shape index (κ3) is 5.03. The number of nitrogens with one attached hydrogen (secondary N) is 2. The Morgan fingerprint density at radius 3 is 2.73 bits per heavy atom. The highest BCUT2D eigenvalue weighted by Gasteiger charge is 2.27. The first-order valence-electron chi connectivity index (χ1n) is 8.12. The van der Waals surface area contributed by atoms with Crippen LogP contribution < -0.4 is 15.5 Å². The molecule has 0 bridgehead atoms. The number of hydrogen-bond acceptors (Lipinski definition) is 5. The summed E-state index contributed by atoms with van der Waals surface area (Å²) in [5, 5.41) is 14.1. The fourth-order valence-corrected chi connectivity index (χ4v) is 2.57. The monoisotopic (exact) mass is 363 g/mol. The van der Waals surface area contributed by atoms with Crippen LogP contribution in [0.5, 0.6) is 0 Å². The van der Waals surface area contributed by atoms with Gasteiger partial charge >= 0.3 is 5.97 Å². The molecule has 1 aromatic carbocycles. The van der Waals surface area contributed by atoms with Crippen molar-refractivity contribution in [3.05, 3.63) is 24.3 Å². The number of carbonyl (C=O) groups excluding carboxylic acids is 3. The van der Waals surface area contributed by atoms with Crippen molar-refractivity contribution in [2.45, 2.75) is 25.3 Å². The Bertz CT molecular complexity index is 705. The molecule has 9 heteroatoms. The van der Waals surface area contributed by atoms with Crippen LogP contribution in [0.1, 0.15) is 19.3 Å². The molecular formula is C17H21N3O6. The molecule has 2 rings (SSSR count). The second-order valence-electron chi connectivity index (χ2n) is 5.79. The number of hydrogen-bond donors (Lipinski definition) is 3. The quantitative estimate of drug-likeness (QED) is 0.612. The van der Waals surface area contributed by atoms with Gasteiger partial charge in [-0.1, -0.05) is 12.1 Å². The van der Waals surface area contributed by atoms with Crippen molar-refractivity contribution in [1.29, 1.82) is 0 Å². The largest absolute Gasteiger partial charge is 0.480 e. The molecule has 9 nitrogen and oxygen atoms in total. The highest BCUT2D eigenvalue weighted by molar-refractivity contribution is 6.10. The third-order valence-corrected chi connectivity index (χ3v) is 3.88. The summed E-state index contributed by atoms with van der Waals surface area (Å²) in [5.41, 5.74) is 1.10. The van der Waals surface area contributed by atoms with E-state index < -0.39 is 17.9 Å². The molecule has 1 aromatic rings. The van der Waals surface area contributed by atoms with Gasteiger partial charge in [0.05, 0.1) is 11.4 Å². The van der Waals surface area contributed by atoms with Crippen LogP contribution in [-0.2, 0) is 23.9 Å². The van der Waals surface area contributed by atoms with E-state index in [1.807, 2.05) is 0 Å². The topological polar surface area (TPSA) is 125 Å². The van der Waals surface area contributed by atoms with E-state index in [1.165, 1.54) is 12.0 Å². The van der Waals surface area contributed by atoms with Crippen molar-refractivity contribution in [2.24, 2.45) is 0 Å². The molecule has 1 heterocycles. The van der Waals surface area contributed by atoms with Gasteiger partial charge in [0, 0.05) is 33.0 Å². The molecule has 0 aromatic heterocycles. The number of anilines is 2. The molecule has 0 aliphatic carbocycles.